The van der Waals surface area contributed by atoms with Crippen molar-refractivity contribution in [1.82, 2.24) is 14.8 Å². The smallest absolute Gasteiger partial charge is 0.265 e. The molecule has 1 aliphatic rings. The van der Waals surface area contributed by atoms with E-state index in [9.17, 15) is 14.0 Å². The number of amides is 2. The van der Waals surface area contributed by atoms with E-state index < -0.39 is 5.82 Å². The second kappa shape index (κ2) is 8.22. The second-order valence-corrected chi connectivity index (χ2v) is 8.84. The number of aromatic nitrogens is 1. The molecule has 1 aliphatic heterocycles. The molecule has 0 bridgehead atoms. The molecule has 1 saturated heterocycles. The van der Waals surface area contributed by atoms with Crippen LogP contribution < -0.4 is 0 Å². The van der Waals surface area contributed by atoms with Crippen LogP contribution in [0.3, 0.4) is 0 Å². The fourth-order valence-corrected chi connectivity index (χ4v) is 5.19. The van der Waals surface area contributed by atoms with E-state index in [1.54, 1.807) is 21.1 Å². The maximum atomic E-state index is 13.2. The van der Waals surface area contributed by atoms with Crippen LogP contribution in [-0.4, -0.2) is 52.8 Å². The van der Waals surface area contributed by atoms with Crippen molar-refractivity contribution < 1.29 is 14.0 Å². The normalized spacial score (nSPS) is 14.3. The highest BCUT2D eigenvalue weighted by molar-refractivity contribution is 7.17. The minimum atomic E-state index is -0.483. The van der Waals surface area contributed by atoms with E-state index in [2.05, 4.69) is 4.98 Å². The van der Waals surface area contributed by atoms with Gasteiger partial charge < -0.3 is 9.80 Å². The number of rotatable bonds is 3. The molecule has 0 unspecified atom stereocenters. The summed E-state index contributed by atoms with van der Waals surface area (Å²) < 4.78 is 13.2. The number of hydrogen-bond acceptors (Lipinski definition) is 5. The van der Waals surface area contributed by atoms with Gasteiger partial charge in [0.1, 0.15) is 15.7 Å². The summed E-state index contributed by atoms with van der Waals surface area (Å²) in [6.07, 6.45) is 0. The topological polar surface area (TPSA) is 53.5 Å². The highest BCUT2D eigenvalue weighted by atomic mass is 35.5. The monoisotopic (exact) mass is 449 g/mol. The maximum absolute atomic E-state index is 13.2. The van der Waals surface area contributed by atoms with E-state index in [-0.39, 0.29) is 22.4 Å². The Morgan fingerprint density at radius 2 is 1.79 bits per heavy atom. The highest BCUT2D eigenvalue weighted by Gasteiger charge is 2.28. The molecule has 1 fully saturated rings. The van der Waals surface area contributed by atoms with E-state index >= 15 is 0 Å². The quantitative estimate of drug-likeness (QED) is 0.588. The van der Waals surface area contributed by atoms with Crippen molar-refractivity contribution in [2.75, 3.05) is 26.2 Å². The SMILES string of the molecule is Cc1nc(-c2ccsc2)sc1C(=O)N1CCN(C(=O)c2ccc(F)cc2Cl)CC1. The van der Waals surface area contributed by atoms with Gasteiger partial charge in [0.05, 0.1) is 16.3 Å². The van der Waals surface area contributed by atoms with E-state index in [1.807, 2.05) is 23.8 Å². The molecule has 1 aromatic carbocycles. The van der Waals surface area contributed by atoms with Gasteiger partial charge in [-0.1, -0.05) is 11.6 Å². The van der Waals surface area contributed by atoms with Crippen LogP contribution in [0.1, 0.15) is 25.7 Å². The van der Waals surface area contributed by atoms with Crippen LogP contribution in [0.25, 0.3) is 10.6 Å². The number of hydrogen-bond donors (Lipinski definition) is 0. The summed E-state index contributed by atoms with van der Waals surface area (Å²) in [5.74, 6) is -0.798. The summed E-state index contributed by atoms with van der Waals surface area (Å²) in [7, 11) is 0. The van der Waals surface area contributed by atoms with Crippen molar-refractivity contribution in [2.45, 2.75) is 6.92 Å². The molecule has 3 aromatic rings. The van der Waals surface area contributed by atoms with Crippen molar-refractivity contribution in [3.8, 4) is 10.6 Å². The van der Waals surface area contributed by atoms with Gasteiger partial charge in [-0.2, -0.15) is 11.3 Å². The molecule has 3 heterocycles. The van der Waals surface area contributed by atoms with E-state index in [0.29, 0.717) is 31.1 Å². The molecule has 0 N–H and O–H groups in total. The van der Waals surface area contributed by atoms with Crippen LogP contribution in [0.2, 0.25) is 5.02 Å². The Morgan fingerprint density at radius 3 is 2.41 bits per heavy atom. The molecule has 9 heteroatoms. The largest absolute Gasteiger partial charge is 0.335 e. The molecular weight excluding hydrogens is 433 g/mol. The minimum absolute atomic E-state index is 0.0617. The number of carbonyl (C=O) groups is 2. The molecule has 0 radical (unpaired) electrons. The van der Waals surface area contributed by atoms with E-state index in [4.69, 9.17) is 11.6 Å². The molecule has 0 spiro atoms. The molecule has 4 rings (SSSR count). The van der Waals surface area contributed by atoms with Crippen molar-refractivity contribution >= 4 is 46.1 Å². The standard InChI is InChI=1S/C20H17ClFN3O2S2/c1-12-17(29-18(23-12)13-4-9-28-11-13)20(27)25-7-5-24(6-8-25)19(26)15-3-2-14(22)10-16(15)21/h2-4,9-11H,5-8H2,1H3. The van der Waals surface area contributed by atoms with Gasteiger partial charge in [-0.05, 0) is 36.6 Å². The van der Waals surface area contributed by atoms with Crippen molar-refractivity contribution in [3.05, 3.63) is 62.0 Å². The van der Waals surface area contributed by atoms with Gasteiger partial charge in [0, 0.05) is 37.1 Å². The van der Waals surface area contributed by atoms with Gasteiger partial charge >= 0.3 is 0 Å². The minimum Gasteiger partial charge on any atom is -0.335 e. The van der Waals surface area contributed by atoms with Crippen LogP contribution >= 0.6 is 34.3 Å². The lowest BCUT2D eigenvalue weighted by Crippen LogP contribution is -2.50. The summed E-state index contributed by atoms with van der Waals surface area (Å²) >= 11 is 9.00. The van der Waals surface area contributed by atoms with Gasteiger partial charge in [0.2, 0.25) is 0 Å². The molecule has 5 nitrogen and oxygen atoms in total. The highest BCUT2D eigenvalue weighted by Crippen LogP contribution is 2.30. The maximum Gasteiger partial charge on any atom is 0.265 e. The third-order valence-corrected chi connectivity index (χ3v) is 6.97. The Labute approximate surface area is 180 Å². The zero-order valence-electron chi connectivity index (χ0n) is 15.5. The fourth-order valence-electron chi connectivity index (χ4n) is 3.19. The third-order valence-electron chi connectivity index (χ3n) is 4.77. The van der Waals surface area contributed by atoms with Crippen molar-refractivity contribution in [1.29, 1.82) is 0 Å². The lowest BCUT2D eigenvalue weighted by molar-refractivity contribution is 0.0537. The fraction of sp³-hybridized carbons (Fsp3) is 0.250. The number of halogens is 2. The Morgan fingerprint density at radius 1 is 1.10 bits per heavy atom. The van der Waals surface area contributed by atoms with Gasteiger partial charge in [-0.3, -0.25) is 9.59 Å². The molecule has 0 atom stereocenters. The van der Waals surface area contributed by atoms with Gasteiger partial charge in [-0.25, -0.2) is 9.37 Å². The first kappa shape index (κ1) is 20.0. The average molecular weight is 450 g/mol. The molecule has 2 amide bonds. The molecule has 0 saturated carbocycles. The molecule has 2 aromatic heterocycles. The van der Waals surface area contributed by atoms with Crippen molar-refractivity contribution in [2.24, 2.45) is 0 Å². The lowest BCUT2D eigenvalue weighted by atomic mass is 10.1. The van der Waals surface area contributed by atoms with Crippen LogP contribution in [-0.2, 0) is 0 Å². The first-order valence-corrected chi connectivity index (χ1v) is 11.1. The first-order valence-electron chi connectivity index (χ1n) is 8.97. The number of carbonyl (C=O) groups excluding carboxylic acids is 2. The predicted octanol–water partition coefficient (Wildman–Crippen LogP) is 4.57. The zero-order chi connectivity index (χ0) is 20.5. The van der Waals surface area contributed by atoms with Crippen molar-refractivity contribution in [3.63, 3.8) is 0 Å². The summed E-state index contributed by atoms with van der Waals surface area (Å²) in [4.78, 5) is 34.2. The van der Waals surface area contributed by atoms with Gasteiger partial charge in [-0.15, -0.1) is 11.3 Å². The van der Waals surface area contributed by atoms with Crippen LogP contribution in [0, 0.1) is 12.7 Å². The number of aryl methyl sites for hydroxylation is 1. The molecule has 150 valence electrons. The second-order valence-electron chi connectivity index (χ2n) is 6.65. The third kappa shape index (κ3) is 4.05. The predicted molar refractivity (Wildman–Crippen MR) is 113 cm³/mol. The van der Waals surface area contributed by atoms with Gasteiger partial charge in [0.15, 0.2) is 0 Å². The number of piperazine rings is 1. The number of benzene rings is 1. The summed E-state index contributed by atoms with van der Waals surface area (Å²) in [6, 6.07) is 5.73. The van der Waals surface area contributed by atoms with E-state index in [0.717, 1.165) is 22.3 Å². The number of thiophene rings is 1. The Balaban J connectivity index is 1.43. The van der Waals surface area contributed by atoms with E-state index in [1.165, 1.54) is 23.5 Å². The number of nitrogens with zero attached hydrogens (tertiary/aromatic N) is 3. The number of thiazole rings is 1. The van der Waals surface area contributed by atoms with Crippen LogP contribution in [0.4, 0.5) is 4.39 Å². The molecule has 0 aliphatic carbocycles. The first-order chi connectivity index (χ1) is 13.9. The summed E-state index contributed by atoms with van der Waals surface area (Å²) in [6.45, 7) is 3.49. The lowest BCUT2D eigenvalue weighted by Gasteiger charge is -2.34. The summed E-state index contributed by atoms with van der Waals surface area (Å²) in [5, 5.41) is 4.93. The Bertz CT molecular complexity index is 1060. The Kier molecular flexibility index (Phi) is 5.67. The Hall–Kier alpha value is -2.29. The summed E-state index contributed by atoms with van der Waals surface area (Å²) in [5.41, 5.74) is 2.01. The van der Waals surface area contributed by atoms with Crippen LogP contribution in [0.5, 0.6) is 0 Å². The van der Waals surface area contributed by atoms with Gasteiger partial charge in [0.25, 0.3) is 11.8 Å². The van der Waals surface area contributed by atoms with Crippen LogP contribution in [0.15, 0.2) is 35.0 Å². The molecular formula is C20H17ClFN3O2S2. The zero-order valence-corrected chi connectivity index (χ0v) is 17.9. The average Bonchev–Trinajstić information content (AvgIpc) is 3.37. The molecule has 29 heavy (non-hydrogen) atoms.